The first-order valence-electron chi connectivity index (χ1n) is 11.1. The highest BCUT2D eigenvalue weighted by molar-refractivity contribution is 5.28. The zero-order chi connectivity index (χ0) is 22.8. The molecule has 0 saturated heterocycles. The average Bonchev–Trinajstić information content (AvgIpc) is 2.84. The van der Waals surface area contributed by atoms with Gasteiger partial charge in [-0.1, -0.05) is 6.08 Å². The largest absolute Gasteiger partial charge is 0.497 e. The van der Waals surface area contributed by atoms with E-state index in [9.17, 15) is 0 Å². The van der Waals surface area contributed by atoms with Crippen molar-refractivity contribution in [3.05, 3.63) is 83.8 Å². The molecule has 1 aliphatic rings. The lowest BCUT2D eigenvalue weighted by molar-refractivity contribution is -0.928. The van der Waals surface area contributed by atoms with Crippen LogP contribution < -0.4 is 15.2 Å². The van der Waals surface area contributed by atoms with Crippen LogP contribution in [0.5, 0.6) is 11.5 Å². The molecule has 1 atom stereocenters. The molecule has 2 aromatic rings. The molecule has 3 rings (SSSR count). The third-order valence-corrected chi connectivity index (χ3v) is 5.64. The summed E-state index contributed by atoms with van der Waals surface area (Å²) in [5.74, 6) is 2.59. The van der Waals surface area contributed by atoms with Crippen molar-refractivity contribution in [2.24, 2.45) is 5.73 Å². The molecule has 6 heteroatoms. The quantitative estimate of drug-likeness (QED) is 0.506. The number of rotatable bonds is 12. The fourth-order valence-electron chi connectivity index (χ4n) is 3.88. The Morgan fingerprint density at radius 1 is 0.906 bits per heavy atom. The van der Waals surface area contributed by atoms with E-state index >= 15 is 0 Å². The molecule has 6 nitrogen and oxygen atoms in total. The molecule has 0 saturated carbocycles. The summed E-state index contributed by atoms with van der Waals surface area (Å²) >= 11 is 0. The summed E-state index contributed by atoms with van der Waals surface area (Å²) in [6, 6.07) is 16.5. The van der Waals surface area contributed by atoms with Gasteiger partial charge < -0.3 is 24.7 Å². The van der Waals surface area contributed by atoms with Crippen LogP contribution in [0.3, 0.4) is 0 Å². The van der Waals surface area contributed by atoms with Crippen LogP contribution in [0.4, 0.5) is 0 Å². The molecular weight excluding hydrogens is 404 g/mol. The van der Waals surface area contributed by atoms with Crippen molar-refractivity contribution in [3.63, 3.8) is 0 Å². The first-order valence-corrected chi connectivity index (χ1v) is 11.1. The van der Waals surface area contributed by atoms with Crippen LogP contribution in [-0.4, -0.2) is 51.1 Å². The van der Waals surface area contributed by atoms with Gasteiger partial charge in [0.05, 0.1) is 20.8 Å². The van der Waals surface area contributed by atoms with Gasteiger partial charge in [0.25, 0.3) is 5.88 Å². The number of hydrogen-bond acceptors (Lipinski definition) is 5. The third-order valence-electron chi connectivity index (χ3n) is 5.64. The molecule has 0 aliphatic carbocycles. The Morgan fingerprint density at radius 2 is 1.47 bits per heavy atom. The topological polar surface area (TPSA) is 62.9 Å². The average molecular weight is 440 g/mol. The van der Waals surface area contributed by atoms with Crippen molar-refractivity contribution >= 4 is 0 Å². The fraction of sp³-hybridized carbons (Fsp3) is 0.385. The number of methoxy groups -OCH3 is 2. The Bertz CT molecular complexity index is 842. The Morgan fingerprint density at radius 3 is 1.94 bits per heavy atom. The minimum atomic E-state index is -0.197. The fourth-order valence-corrected chi connectivity index (χ4v) is 3.88. The number of hydrogen-bond donors (Lipinski definition) is 1. The van der Waals surface area contributed by atoms with E-state index in [1.54, 1.807) is 14.2 Å². The second-order valence-corrected chi connectivity index (χ2v) is 7.91. The molecule has 1 heterocycles. The number of quaternary nitrogens is 1. The highest BCUT2D eigenvalue weighted by atomic mass is 16.5. The molecule has 0 bridgehead atoms. The van der Waals surface area contributed by atoms with Crippen molar-refractivity contribution in [2.75, 3.05) is 40.5 Å². The predicted octanol–water partition coefficient (Wildman–Crippen LogP) is 4.01. The van der Waals surface area contributed by atoms with Gasteiger partial charge in [-0.25, -0.2) is 4.48 Å². The van der Waals surface area contributed by atoms with Gasteiger partial charge in [0.2, 0.25) is 0 Å². The van der Waals surface area contributed by atoms with Crippen molar-refractivity contribution in [3.8, 4) is 11.5 Å². The van der Waals surface area contributed by atoms with Crippen LogP contribution in [0.25, 0.3) is 0 Å². The van der Waals surface area contributed by atoms with Crippen LogP contribution in [0.15, 0.2) is 72.6 Å². The molecule has 0 aromatic heterocycles. The maximum atomic E-state index is 6.48. The van der Waals surface area contributed by atoms with Gasteiger partial charge in [-0.2, -0.15) is 0 Å². The number of benzene rings is 2. The van der Waals surface area contributed by atoms with Gasteiger partial charge in [-0.3, -0.25) is 0 Å². The van der Waals surface area contributed by atoms with E-state index in [0.29, 0.717) is 24.2 Å². The SMILES string of the molecule is CCOCC(CN)OC1=CC=CC[N+]1(Cc1ccc(OC)cc1)Cc1ccc(OC)cc1. The molecule has 172 valence electrons. The van der Waals surface area contributed by atoms with E-state index in [4.69, 9.17) is 24.7 Å². The monoisotopic (exact) mass is 439 g/mol. The van der Waals surface area contributed by atoms with E-state index in [0.717, 1.165) is 37.0 Å². The molecule has 0 amide bonds. The van der Waals surface area contributed by atoms with Crippen molar-refractivity contribution in [1.82, 2.24) is 0 Å². The summed E-state index contributed by atoms with van der Waals surface area (Å²) in [7, 11) is 3.37. The maximum Gasteiger partial charge on any atom is 0.292 e. The zero-order valence-corrected chi connectivity index (χ0v) is 19.3. The van der Waals surface area contributed by atoms with E-state index in [-0.39, 0.29) is 6.10 Å². The van der Waals surface area contributed by atoms with Gasteiger partial charge in [0.15, 0.2) is 0 Å². The Kier molecular flexibility index (Phi) is 8.73. The first-order chi connectivity index (χ1) is 15.6. The lowest BCUT2D eigenvalue weighted by Crippen LogP contribution is -2.49. The predicted molar refractivity (Wildman–Crippen MR) is 126 cm³/mol. The van der Waals surface area contributed by atoms with Crippen LogP contribution in [0.1, 0.15) is 18.1 Å². The van der Waals surface area contributed by atoms with Gasteiger partial charge >= 0.3 is 0 Å². The molecule has 0 fully saturated rings. The molecule has 1 unspecified atom stereocenters. The minimum absolute atomic E-state index is 0.197. The molecule has 0 spiro atoms. The molecule has 32 heavy (non-hydrogen) atoms. The van der Waals surface area contributed by atoms with Gasteiger partial charge in [0, 0.05) is 30.4 Å². The number of ether oxygens (including phenoxy) is 4. The van der Waals surface area contributed by atoms with Crippen LogP contribution in [0.2, 0.25) is 0 Å². The van der Waals surface area contributed by atoms with Crippen molar-refractivity contribution in [2.45, 2.75) is 26.1 Å². The van der Waals surface area contributed by atoms with Crippen LogP contribution in [0, 0.1) is 0 Å². The second kappa shape index (κ2) is 11.7. The lowest BCUT2D eigenvalue weighted by atomic mass is 10.1. The van der Waals surface area contributed by atoms with Gasteiger partial charge in [0.1, 0.15) is 37.2 Å². The highest BCUT2D eigenvalue weighted by Gasteiger charge is 2.37. The summed E-state index contributed by atoms with van der Waals surface area (Å²) in [4.78, 5) is 0. The third kappa shape index (κ3) is 6.13. The zero-order valence-electron chi connectivity index (χ0n) is 19.3. The summed E-state index contributed by atoms with van der Waals surface area (Å²) in [5, 5.41) is 0. The number of nitrogens with two attached hydrogens (primary N) is 1. The van der Waals surface area contributed by atoms with E-state index in [2.05, 4.69) is 42.5 Å². The van der Waals surface area contributed by atoms with Crippen molar-refractivity contribution in [1.29, 1.82) is 0 Å². The first kappa shape index (κ1) is 23.9. The van der Waals surface area contributed by atoms with Crippen LogP contribution >= 0.6 is 0 Å². The second-order valence-electron chi connectivity index (χ2n) is 7.91. The Hall–Kier alpha value is -2.80. The molecular formula is C26H35N2O4+. The summed E-state index contributed by atoms with van der Waals surface area (Å²) in [6.07, 6.45) is 6.12. The lowest BCUT2D eigenvalue weighted by Gasteiger charge is -2.40. The standard InChI is InChI=1S/C26H35N2O4/c1-4-31-20-25(17-27)32-26-7-5-6-16-28(26,18-21-8-12-23(29-2)13-9-21)19-22-10-14-24(30-3)15-11-22/h5-15,25H,4,16-20,27H2,1-3H3/q+1. The maximum absolute atomic E-state index is 6.48. The smallest absolute Gasteiger partial charge is 0.292 e. The Labute approximate surface area is 191 Å². The van der Waals surface area contributed by atoms with Gasteiger partial charge in [-0.15, -0.1) is 0 Å². The van der Waals surface area contributed by atoms with E-state index in [1.165, 1.54) is 11.1 Å². The summed E-state index contributed by atoms with van der Waals surface area (Å²) < 4.78 is 23.4. The van der Waals surface area contributed by atoms with E-state index < -0.39 is 0 Å². The van der Waals surface area contributed by atoms with Crippen LogP contribution in [-0.2, 0) is 22.6 Å². The highest BCUT2D eigenvalue weighted by Crippen LogP contribution is 2.31. The van der Waals surface area contributed by atoms with Crippen molar-refractivity contribution < 1.29 is 23.4 Å². The number of allylic oxidation sites excluding steroid dienone is 2. The van der Waals surface area contributed by atoms with E-state index in [1.807, 2.05) is 31.2 Å². The number of nitrogens with zero attached hydrogens (tertiary/aromatic N) is 1. The molecule has 2 aromatic carbocycles. The molecule has 0 radical (unpaired) electrons. The molecule has 1 aliphatic heterocycles. The molecule has 2 N–H and O–H groups in total. The Balaban J connectivity index is 1.92. The minimum Gasteiger partial charge on any atom is -0.497 e. The van der Waals surface area contributed by atoms with Gasteiger partial charge in [-0.05, 0) is 61.5 Å². The summed E-state index contributed by atoms with van der Waals surface area (Å²) in [6.45, 7) is 5.84. The summed E-state index contributed by atoms with van der Waals surface area (Å²) in [5.41, 5.74) is 8.42. The normalized spacial score (nSPS) is 15.7.